The van der Waals surface area contributed by atoms with E-state index in [4.69, 9.17) is 5.10 Å². The number of benzene rings is 2. The molecular weight excluding hydrogens is 312 g/mol. The van der Waals surface area contributed by atoms with Gasteiger partial charge >= 0.3 is 0 Å². The van der Waals surface area contributed by atoms with Gasteiger partial charge in [0.1, 0.15) is 11.4 Å². The molecule has 5 heteroatoms. The van der Waals surface area contributed by atoms with Crippen molar-refractivity contribution in [3.63, 3.8) is 0 Å². The maximum atomic E-state index is 9.44. The van der Waals surface area contributed by atoms with Crippen molar-refractivity contribution < 1.29 is 5.11 Å². The van der Waals surface area contributed by atoms with Gasteiger partial charge in [-0.25, -0.2) is 0 Å². The average Bonchev–Trinajstić information content (AvgIpc) is 2.98. The third kappa shape index (κ3) is 4.75. The predicted octanol–water partition coefficient (Wildman–Crippen LogP) is 2.77. The zero-order valence-corrected chi connectivity index (χ0v) is 14.7. The van der Waals surface area contributed by atoms with Crippen LogP contribution in [0.4, 0.5) is 0 Å². The van der Waals surface area contributed by atoms with Crippen LogP contribution in [0.25, 0.3) is 11.3 Å². The van der Waals surface area contributed by atoms with E-state index in [0.29, 0.717) is 19.6 Å². The molecule has 1 atom stereocenters. The van der Waals surface area contributed by atoms with Crippen molar-refractivity contribution in [2.45, 2.75) is 33.0 Å². The molecule has 2 aromatic carbocycles. The lowest BCUT2D eigenvalue weighted by atomic mass is 10.1. The van der Waals surface area contributed by atoms with Crippen LogP contribution in [0, 0.1) is 6.92 Å². The standard InChI is InChI=1S/C20H24N4O/c1-15-7-6-8-17(11-15)14-24-22-19(13-21-12-16(2)25)20(23-24)18-9-4-3-5-10-18/h3-11,16,21,25H,12-14H2,1-2H3/t16-/m1/s1. The minimum absolute atomic E-state index is 0.387. The van der Waals surface area contributed by atoms with E-state index in [1.807, 2.05) is 30.3 Å². The first-order chi connectivity index (χ1) is 12.1. The van der Waals surface area contributed by atoms with Crippen LogP contribution < -0.4 is 5.32 Å². The summed E-state index contributed by atoms with van der Waals surface area (Å²) in [7, 11) is 0. The molecule has 0 amide bonds. The summed E-state index contributed by atoms with van der Waals surface area (Å²) in [5.41, 5.74) is 5.22. The van der Waals surface area contributed by atoms with E-state index < -0.39 is 0 Å². The Morgan fingerprint density at radius 2 is 1.88 bits per heavy atom. The molecule has 130 valence electrons. The lowest BCUT2D eigenvalue weighted by Crippen LogP contribution is -2.24. The lowest BCUT2D eigenvalue weighted by molar-refractivity contribution is 0.191. The molecular formula is C20H24N4O. The molecule has 25 heavy (non-hydrogen) atoms. The van der Waals surface area contributed by atoms with E-state index in [9.17, 15) is 5.11 Å². The highest BCUT2D eigenvalue weighted by Crippen LogP contribution is 2.20. The fourth-order valence-electron chi connectivity index (χ4n) is 2.77. The Morgan fingerprint density at radius 3 is 2.60 bits per heavy atom. The molecule has 1 heterocycles. The van der Waals surface area contributed by atoms with Crippen LogP contribution >= 0.6 is 0 Å². The van der Waals surface area contributed by atoms with Gasteiger partial charge in [0, 0.05) is 18.7 Å². The number of nitrogens with one attached hydrogen (secondary N) is 1. The van der Waals surface area contributed by atoms with Crippen molar-refractivity contribution >= 4 is 0 Å². The molecule has 0 spiro atoms. The van der Waals surface area contributed by atoms with E-state index in [1.54, 1.807) is 11.7 Å². The summed E-state index contributed by atoms with van der Waals surface area (Å²) >= 11 is 0. The van der Waals surface area contributed by atoms with Gasteiger partial charge in [-0.2, -0.15) is 15.0 Å². The molecule has 0 saturated carbocycles. The van der Waals surface area contributed by atoms with Gasteiger partial charge in [-0.05, 0) is 19.4 Å². The van der Waals surface area contributed by atoms with Crippen LogP contribution in [-0.4, -0.2) is 32.7 Å². The van der Waals surface area contributed by atoms with Gasteiger partial charge in [0.2, 0.25) is 0 Å². The maximum Gasteiger partial charge on any atom is 0.117 e. The molecule has 0 aliphatic heterocycles. The summed E-state index contributed by atoms with van der Waals surface area (Å²) in [6, 6.07) is 18.5. The summed E-state index contributed by atoms with van der Waals surface area (Å²) in [5, 5.41) is 22.0. The van der Waals surface area contributed by atoms with Gasteiger partial charge in [-0.15, -0.1) is 0 Å². The SMILES string of the molecule is Cc1cccc(Cn2nc(CNC[C@@H](C)O)c(-c3ccccc3)n2)c1. The molecule has 0 bridgehead atoms. The second-order valence-corrected chi connectivity index (χ2v) is 6.36. The highest BCUT2D eigenvalue weighted by Gasteiger charge is 2.13. The normalized spacial score (nSPS) is 12.3. The Kier molecular flexibility index (Phi) is 5.58. The lowest BCUT2D eigenvalue weighted by Gasteiger charge is -2.05. The number of nitrogens with zero attached hydrogens (tertiary/aromatic N) is 3. The van der Waals surface area contributed by atoms with Gasteiger partial charge in [-0.3, -0.25) is 0 Å². The Hall–Kier alpha value is -2.50. The number of aromatic nitrogens is 3. The van der Waals surface area contributed by atoms with E-state index in [2.05, 4.69) is 41.6 Å². The van der Waals surface area contributed by atoms with Crippen LogP contribution in [0.2, 0.25) is 0 Å². The van der Waals surface area contributed by atoms with E-state index >= 15 is 0 Å². The van der Waals surface area contributed by atoms with E-state index in [0.717, 1.165) is 17.0 Å². The summed E-state index contributed by atoms with van der Waals surface area (Å²) in [6.45, 7) is 5.58. The molecule has 2 N–H and O–H groups in total. The monoisotopic (exact) mass is 336 g/mol. The van der Waals surface area contributed by atoms with Crippen molar-refractivity contribution in [1.29, 1.82) is 0 Å². The molecule has 0 unspecified atom stereocenters. The average molecular weight is 336 g/mol. The molecule has 0 fully saturated rings. The van der Waals surface area contributed by atoms with Crippen molar-refractivity contribution in [1.82, 2.24) is 20.3 Å². The number of aliphatic hydroxyl groups is 1. The third-order valence-corrected chi connectivity index (χ3v) is 3.91. The zero-order valence-electron chi connectivity index (χ0n) is 14.7. The largest absolute Gasteiger partial charge is 0.392 e. The van der Waals surface area contributed by atoms with E-state index in [1.165, 1.54) is 11.1 Å². The summed E-state index contributed by atoms with van der Waals surface area (Å²) < 4.78 is 0. The Labute approximate surface area is 148 Å². The Morgan fingerprint density at radius 1 is 1.08 bits per heavy atom. The van der Waals surface area contributed by atoms with Gasteiger partial charge in [-0.1, -0.05) is 60.2 Å². The highest BCUT2D eigenvalue weighted by atomic mass is 16.3. The van der Waals surface area contributed by atoms with Crippen LogP contribution in [0.5, 0.6) is 0 Å². The second-order valence-electron chi connectivity index (χ2n) is 6.36. The van der Waals surface area contributed by atoms with Crippen molar-refractivity contribution in [2.24, 2.45) is 0 Å². The minimum atomic E-state index is -0.387. The molecule has 1 aromatic heterocycles. The molecule has 0 aliphatic rings. The van der Waals surface area contributed by atoms with Crippen molar-refractivity contribution in [3.8, 4) is 11.3 Å². The van der Waals surface area contributed by atoms with Gasteiger partial charge in [0.15, 0.2) is 0 Å². The Balaban J connectivity index is 1.85. The molecule has 0 radical (unpaired) electrons. The van der Waals surface area contributed by atoms with Gasteiger partial charge in [0.25, 0.3) is 0 Å². The number of aryl methyl sites for hydroxylation is 1. The number of aliphatic hydroxyl groups excluding tert-OH is 1. The van der Waals surface area contributed by atoms with Gasteiger partial charge in [0.05, 0.1) is 12.6 Å². The summed E-state index contributed by atoms with van der Waals surface area (Å²) in [4.78, 5) is 1.75. The number of hydrogen-bond acceptors (Lipinski definition) is 4. The summed E-state index contributed by atoms with van der Waals surface area (Å²) in [5.74, 6) is 0. The quantitative estimate of drug-likeness (QED) is 0.696. The number of rotatable bonds is 7. The molecule has 0 saturated heterocycles. The fraction of sp³-hybridized carbons (Fsp3) is 0.300. The highest BCUT2D eigenvalue weighted by molar-refractivity contribution is 5.60. The fourth-order valence-corrected chi connectivity index (χ4v) is 2.77. The molecule has 0 aliphatic carbocycles. The second kappa shape index (κ2) is 8.05. The van der Waals surface area contributed by atoms with Crippen LogP contribution in [0.3, 0.4) is 0 Å². The van der Waals surface area contributed by atoms with Crippen LogP contribution in [-0.2, 0) is 13.1 Å². The van der Waals surface area contributed by atoms with Gasteiger partial charge < -0.3 is 10.4 Å². The zero-order chi connectivity index (χ0) is 17.6. The minimum Gasteiger partial charge on any atom is -0.392 e. The summed E-state index contributed by atoms with van der Waals surface area (Å²) in [6.07, 6.45) is -0.387. The first kappa shape index (κ1) is 17.3. The predicted molar refractivity (Wildman–Crippen MR) is 99.1 cm³/mol. The van der Waals surface area contributed by atoms with E-state index in [-0.39, 0.29) is 6.10 Å². The first-order valence-electron chi connectivity index (χ1n) is 8.55. The topological polar surface area (TPSA) is 63.0 Å². The van der Waals surface area contributed by atoms with Crippen molar-refractivity contribution in [3.05, 3.63) is 71.4 Å². The molecule has 3 rings (SSSR count). The number of hydrogen-bond donors (Lipinski definition) is 2. The van der Waals surface area contributed by atoms with Crippen LogP contribution in [0.1, 0.15) is 23.7 Å². The maximum absolute atomic E-state index is 9.44. The molecule has 5 nitrogen and oxygen atoms in total. The van der Waals surface area contributed by atoms with Crippen molar-refractivity contribution in [2.75, 3.05) is 6.54 Å². The van der Waals surface area contributed by atoms with Crippen LogP contribution in [0.15, 0.2) is 54.6 Å². The Bertz CT molecular complexity index is 812. The third-order valence-electron chi connectivity index (χ3n) is 3.91. The first-order valence-corrected chi connectivity index (χ1v) is 8.55. The molecule has 3 aromatic rings. The smallest absolute Gasteiger partial charge is 0.117 e.